The van der Waals surface area contributed by atoms with E-state index in [0.717, 1.165) is 15.8 Å². The van der Waals surface area contributed by atoms with Gasteiger partial charge in [-0.05, 0) is 35.4 Å². The molecule has 31 heavy (non-hydrogen) atoms. The van der Waals surface area contributed by atoms with E-state index in [-0.39, 0.29) is 12.3 Å². The van der Waals surface area contributed by atoms with Crippen LogP contribution >= 0.6 is 22.9 Å². The number of amides is 1. The van der Waals surface area contributed by atoms with Crippen LogP contribution in [-0.2, 0) is 17.8 Å². The highest BCUT2D eigenvalue weighted by molar-refractivity contribution is 7.22. The zero-order valence-electron chi connectivity index (χ0n) is 17.0. The molecule has 0 bridgehead atoms. The molecule has 0 radical (unpaired) electrons. The fourth-order valence-electron chi connectivity index (χ4n) is 3.23. The lowest BCUT2D eigenvalue weighted by Gasteiger charge is -2.20. The smallest absolute Gasteiger partial charge is 0.233 e. The number of ether oxygens (including phenoxy) is 2. The van der Waals surface area contributed by atoms with E-state index in [2.05, 4.69) is 4.98 Å². The Hall–Kier alpha value is -3.16. The van der Waals surface area contributed by atoms with Crippen molar-refractivity contribution in [1.82, 2.24) is 9.97 Å². The highest BCUT2D eigenvalue weighted by atomic mass is 35.5. The number of benzene rings is 2. The van der Waals surface area contributed by atoms with Crippen LogP contribution in [0.1, 0.15) is 11.1 Å². The van der Waals surface area contributed by atoms with Crippen LogP contribution in [0, 0.1) is 0 Å². The van der Waals surface area contributed by atoms with Crippen molar-refractivity contribution in [3.8, 4) is 11.5 Å². The monoisotopic (exact) mass is 453 g/mol. The molecule has 2 aromatic heterocycles. The summed E-state index contributed by atoms with van der Waals surface area (Å²) in [6, 6.07) is 14.8. The van der Waals surface area contributed by atoms with Gasteiger partial charge in [-0.1, -0.05) is 47.2 Å². The average molecular weight is 454 g/mol. The number of aromatic nitrogens is 2. The van der Waals surface area contributed by atoms with Crippen LogP contribution in [0.25, 0.3) is 10.2 Å². The maximum Gasteiger partial charge on any atom is 0.233 e. The topological polar surface area (TPSA) is 64.6 Å². The van der Waals surface area contributed by atoms with Gasteiger partial charge in [0.05, 0.1) is 27.2 Å². The molecule has 0 saturated carbocycles. The molecule has 158 valence electrons. The van der Waals surface area contributed by atoms with Gasteiger partial charge in [0.2, 0.25) is 5.91 Å². The average Bonchev–Trinajstić information content (AvgIpc) is 3.24. The Morgan fingerprint density at radius 1 is 1.06 bits per heavy atom. The molecule has 0 unspecified atom stereocenters. The molecule has 0 aliphatic carbocycles. The number of hydrogen-bond donors (Lipinski definition) is 0. The number of carbonyl (C=O) groups excluding carboxylic acids is 1. The molecule has 0 N–H and O–H groups in total. The van der Waals surface area contributed by atoms with E-state index < -0.39 is 0 Å². The van der Waals surface area contributed by atoms with Crippen molar-refractivity contribution in [2.24, 2.45) is 0 Å². The van der Waals surface area contributed by atoms with Gasteiger partial charge < -0.3 is 9.47 Å². The molecule has 1 amide bonds. The molecule has 4 aromatic rings. The highest BCUT2D eigenvalue weighted by Gasteiger charge is 2.23. The second-order valence-electron chi connectivity index (χ2n) is 6.75. The lowest BCUT2D eigenvalue weighted by atomic mass is 10.1. The third-order valence-electron chi connectivity index (χ3n) is 4.79. The minimum absolute atomic E-state index is 0.117. The Kier molecular flexibility index (Phi) is 6.34. The molecule has 8 heteroatoms. The number of methoxy groups -OCH3 is 2. The number of anilines is 1. The summed E-state index contributed by atoms with van der Waals surface area (Å²) >= 11 is 7.68. The number of nitrogens with zero attached hydrogens (tertiary/aromatic N) is 3. The van der Waals surface area contributed by atoms with E-state index in [0.29, 0.717) is 33.7 Å². The van der Waals surface area contributed by atoms with E-state index >= 15 is 0 Å². The minimum atomic E-state index is -0.117. The van der Waals surface area contributed by atoms with E-state index in [4.69, 9.17) is 26.1 Å². The Balaban J connectivity index is 1.77. The van der Waals surface area contributed by atoms with Crippen LogP contribution < -0.4 is 14.4 Å². The van der Waals surface area contributed by atoms with Crippen LogP contribution in [-0.4, -0.2) is 30.1 Å². The number of hydrogen-bond acceptors (Lipinski definition) is 6. The van der Waals surface area contributed by atoms with Gasteiger partial charge in [-0.2, -0.15) is 0 Å². The largest absolute Gasteiger partial charge is 0.495 e. The summed E-state index contributed by atoms with van der Waals surface area (Å²) in [6.45, 7) is 0.335. The molecule has 0 atom stereocenters. The molecule has 0 saturated heterocycles. The lowest BCUT2D eigenvalue weighted by Crippen LogP contribution is -2.31. The molecule has 0 fully saturated rings. The minimum Gasteiger partial charge on any atom is -0.495 e. The Labute approximate surface area is 189 Å². The summed E-state index contributed by atoms with van der Waals surface area (Å²) in [5.41, 5.74) is 2.32. The SMILES string of the molecule is COc1ccc(OC)c2sc(N(Cc3cccnc3)C(=O)Cc3ccccc3Cl)nc12. The number of fused-ring (bicyclic) bond motifs is 1. The fraction of sp³-hybridized carbons (Fsp3) is 0.174. The standard InChI is InChI=1S/C23H20ClN3O3S/c1-29-18-9-10-19(30-2)22-21(18)26-23(31-22)27(14-15-6-5-11-25-13-15)20(28)12-16-7-3-4-8-17(16)24/h3-11,13H,12,14H2,1-2H3. The summed E-state index contributed by atoms with van der Waals surface area (Å²) in [7, 11) is 3.20. The first-order chi connectivity index (χ1) is 15.1. The summed E-state index contributed by atoms with van der Waals surface area (Å²) in [4.78, 5) is 24.0. The third kappa shape index (κ3) is 4.47. The van der Waals surface area contributed by atoms with Crippen molar-refractivity contribution in [2.75, 3.05) is 19.1 Å². The van der Waals surface area contributed by atoms with Crippen molar-refractivity contribution >= 4 is 44.2 Å². The summed E-state index contributed by atoms with van der Waals surface area (Å²) < 4.78 is 11.8. The van der Waals surface area contributed by atoms with E-state index in [1.807, 2.05) is 42.5 Å². The van der Waals surface area contributed by atoms with Gasteiger partial charge in [-0.15, -0.1) is 0 Å². The normalized spacial score (nSPS) is 10.8. The zero-order chi connectivity index (χ0) is 21.8. The van der Waals surface area contributed by atoms with Crippen LogP contribution in [0.5, 0.6) is 11.5 Å². The number of carbonyl (C=O) groups is 1. The van der Waals surface area contributed by atoms with Crippen molar-refractivity contribution in [2.45, 2.75) is 13.0 Å². The van der Waals surface area contributed by atoms with Gasteiger partial charge in [0.1, 0.15) is 21.7 Å². The molecule has 2 heterocycles. The predicted octanol–water partition coefficient (Wildman–Crippen LogP) is 5.14. The Bertz CT molecular complexity index is 1170. The zero-order valence-corrected chi connectivity index (χ0v) is 18.6. The first kappa shape index (κ1) is 21.1. The second-order valence-corrected chi connectivity index (χ2v) is 8.14. The lowest BCUT2D eigenvalue weighted by molar-refractivity contribution is -0.118. The molecule has 0 aliphatic heterocycles. The molecule has 2 aromatic carbocycles. The van der Waals surface area contributed by atoms with Crippen molar-refractivity contribution in [3.63, 3.8) is 0 Å². The first-order valence-electron chi connectivity index (χ1n) is 9.55. The van der Waals surface area contributed by atoms with Gasteiger partial charge in [-0.3, -0.25) is 14.7 Å². The highest BCUT2D eigenvalue weighted by Crippen LogP contribution is 2.40. The van der Waals surface area contributed by atoms with E-state index in [1.54, 1.807) is 37.6 Å². The maximum absolute atomic E-state index is 13.4. The van der Waals surface area contributed by atoms with Crippen LogP contribution in [0.15, 0.2) is 60.9 Å². The summed E-state index contributed by atoms with van der Waals surface area (Å²) in [5, 5.41) is 1.11. The molecule has 0 aliphatic rings. The Morgan fingerprint density at radius 2 is 1.84 bits per heavy atom. The number of pyridine rings is 1. The van der Waals surface area contributed by atoms with E-state index in [9.17, 15) is 4.79 Å². The van der Waals surface area contributed by atoms with Crippen LogP contribution in [0.2, 0.25) is 5.02 Å². The Morgan fingerprint density at radius 3 is 2.55 bits per heavy atom. The maximum atomic E-state index is 13.4. The predicted molar refractivity (Wildman–Crippen MR) is 123 cm³/mol. The van der Waals surface area contributed by atoms with Gasteiger partial charge in [0.25, 0.3) is 0 Å². The number of halogens is 1. The van der Waals surface area contributed by atoms with Gasteiger partial charge >= 0.3 is 0 Å². The van der Waals surface area contributed by atoms with Gasteiger partial charge in [0, 0.05) is 17.4 Å². The van der Waals surface area contributed by atoms with Crippen LogP contribution in [0.3, 0.4) is 0 Å². The van der Waals surface area contributed by atoms with E-state index in [1.165, 1.54) is 11.3 Å². The second kappa shape index (κ2) is 9.32. The molecular weight excluding hydrogens is 434 g/mol. The fourth-order valence-corrected chi connectivity index (χ4v) is 4.52. The van der Waals surface area contributed by atoms with Crippen molar-refractivity contribution in [1.29, 1.82) is 0 Å². The van der Waals surface area contributed by atoms with Gasteiger partial charge in [0.15, 0.2) is 5.13 Å². The van der Waals surface area contributed by atoms with Crippen molar-refractivity contribution < 1.29 is 14.3 Å². The summed E-state index contributed by atoms with van der Waals surface area (Å²) in [5.74, 6) is 1.19. The molecular formula is C23H20ClN3O3S. The molecule has 0 spiro atoms. The molecule has 4 rings (SSSR count). The number of rotatable bonds is 7. The first-order valence-corrected chi connectivity index (χ1v) is 10.7. The number of thiazole rings is 1. The summed E-state index contributed by atoms with van der Waals surface area (Å²) in [6.07, 6.45) is 3.60. The molecule has 6 nitrogen and oxygen atoms in total. The quantitative estimate of drug-likeness (QED) is 0.387. The van der Waals surface area contributed by atoms with Crippen LogP contribution in [0.4, 0.5) is 5.13 Å². The van der Waals surface area contributed by atoms with Gasteiger partial charge in [-0.25, -0.2) is 4.98 Å². The third-order valence-corrected chi connectivity index (χ3v) is 6.26. The van der Waals surface area contributed by atoms with Crippen molar-refractivity contribution in [3.05, 3.63) is 77.1 Å².